The van der Waals surface area contributed by atoms with Crippen molar-refractivity contribution in [2.75, 3.05) is 19.7 Å². The van der Waals surface area contributed by atoms with Crippen molar-refractivity contribution in [3.63, 3.8) is 0 Å². The minimum absolute atomic E-state index is 0.148. The van der Waals surface area contributed by atoms with Crippen LogP contribution in [0.1, 0.15) is 11.8 Å². The van der Waals surface area contributed by atoms with Crippen LogP contribution < -0.4 is 5.32 Å². The van der Waals surface area contributed by atoms with E-state index >= 15 is 0 Å². The van der Waals surface area contributed by atoms with Gasteiger partial charge in [0.25, 0.3) is 0 Å². The molecule has 1 fully saturated rings. The molecule has 104 valence electrons. The first-order valence-electron chi connectivity index (χ1n) is 5.89. The summed E-state index contributed by atoms with van der Waals surface area (Å²) < 4.78 is 5.24. The maximum absolute atomic E-state index is 11.8. The van der Waals surface area contributed by atoms with Gasteiger partial charge in [-0.05, 0) is 18.4 Å². The Morgan fingerprint density at radius 1 is 1.58 bits per heavy atom. The lowest BCUT2D eigenvalue weighted by atomic mass is 9.97. The van der Waals surface area contributed by atoms with Crippen LogP contribution in [-0.4, -0.2) is 47.3 Å². The van der Waals surface area contributed by atoms with E-state index in [1.165, 1.54) is 0 Å². The van der Waals surface area contributed by atoms with Gasteiger partial charge in [-0.2, -0.15) is 0 Å². The summed E-state index contributed by atoms with van der Waals surface area (Å²) in [7, 11) is 0. The Labute approximate surface area is 115 Å². The van der Waals surface area contributed by atoms with Gasteiger partial charge in [-0.1, -0.05) is 6.07 Å². The van der Waals surface area contributed by atoms with Crippen LogP contribution in [0.4, 0.5) is 4.79 Å². The highest BCUT2D eigenvalue weighted by molar-refractivity contribution is 7.09. The van der Waals surface area contributed by atoms with Crippen LogP contribution in [0.25, 0.3) is 0 Å². The highest BCUT2D eigenvalue weighted by Gasteiger charge is 2.42. The average Bonchev–Trinajstić information content (AvgIpc) is 2.83. The van der Waals surface area contributed by atoms with Gasteiger partial charge < -0.3 is 20.1 Å². The molecule has 2 rings (SSSR count). The summed E-state index contributed by atoms with van der Waals surface area (Å²) in [6.45, 7) is 2.81. The van der Waals surface area contributed by atoms with Gasteiger partial charge in [0.15, 0.2) is 0 Å². The third-order valence-electron chi connectivity index (χ3n) is 2.88. The number of thiophene rings is 1. The molecule has 0 bridgehead atoms. The highest BCUT2D eigenvalue weighted by atomic mass is 32.1. The summed E-state index contributed by atoms with van der Waals surface area (Å²) in [6, 6.07) is 3.75. The fourth-order valence-electron chi connectivity index (χ4n) is 1.92. The number of rotatable bonds is 5. The van der Waals surface area contributed by atoms with Crippen LogP contribution in [0.2, 0.25) is 0 Å². The summed E-state index contributed by atoms with van der Waals surface area (Å²) in [5, 5.41) is 13.3. The van der Waals surface area contributed by atoms with E-state index in [-0.39, 0.29) is 12.6 Å². The average molecular weight is 284 g/mol. The second-order valence-corrected chi connectivity index (χ2v) is 5.76. The molecule has 0 unspecified atom stereocenters. The molecule has 1 aliphatic rings. The van der Waals surface area contributed by atoms with Crippen molar-refractivity contribution in [2.24, 2.45) is 0 Å². The third-order valence-corrected chi connectivity index (χ3v) is 3.75. The fraction of sp³-hybridized carbons (Fsp3) is 0.500. The maximum atomic E-state index is 11.8. The van der Waals surface area contributed by atoms with Gasteiger partial charge in [0.05, 0.1) is 19.6 Å². The number of nitrogens with zero attached hydrogens (tertiary/aromatic N) is 1. The molecule has 0 aliphatic carbocycles. The Morgan fingerprint density at radius 3 is 2.89 bits per heavy atom. The normalized spacial score (nSPS) is 16.8. The molecule has 0 saturated carbocycles. The first-order valence-corrected chi connectivity index (χ1v) is 6.77. The zero-order chi connectivity index (χ0) is 13.9. The van der Waals surface area contributed by atoms with E-state index < -0.39 is 11.6 Å². The number of ether oxygens (including phenoxy) is 1. The minimum atomic E-state index is -0.998. The fourth-order valence-corrected chi connectivity index (χ4v) is 2.56. The molecule has 0 aromatic carbocycles. The predicted octanol–water partition coefficient (Wildman–Crippen LogP) is 1.13. The molecule has 7 heteroatoms. The molecule has 1 aromatic heterocycles. The van der Waals surface area contributed by atoms with Crippen molar-refractivity contribution in [1.82, 2.24) is 10.2 Å². The van der Waals surface area contributed by atoms with Crippen LogP contribution in [0.5, 0.6) is 0 Å². The maximum Gasteiger partial charge on any atom is 0.329 e. The molecule has 1 aliphatic heterocycles. The van der Waals surface area contributed by atoms with Gasteiger partial charge in [-0.25, -0.2) is 9.59 Å². The lowest BCUT2D eigenvalue weighted by Crippen LogP contribution is -2.65. The molecule has 0 radical (unpaired) electrons. The number of carbonyl (C=O) groups excluding carboxylic acids is 1. The minimum Gasteiger partial charge on any atom is -0.480 e. The van der Waals surface area contributed by atoms with Gasteiger partial charge in [0.1, 0.15) is 12.2 Å². The Hall–Kier alpha value is -1.60. The Morgan fingerprint density at radius 2 is 2.32 bits per heavy atom. The van der Waals surface area contributed by atoms with Gasteiger partial charge in [-0.3, -0.25) is 0 Å². The zero-order valence-electron chi connectivity index (χ0n) is 10.6. The lowest BCUT2D eigenvalue weighted by Gasteiger charge is -2.46. The van der Waals surface area contributed by atoms with E-state index in [1.807, 2.05) is 17.5 Å². The number of nitrogens with one attached hydrogen (secondary N) is 1. The molecule has 6 nitrogen and oxygen atoms in total. The van der Waals surface area contributed by atoms with E-state index in [2.05, 4.69) is 5.32 Å². The van der Waals surface area contributed by atoms with Crippen LogP contribution in [0.15, 0.2) is 17.5 Å². The van der Waals surface area contributed by atoms with Crippen LogP contribution in [0, 0.1) is 0 Å². The number of hydrogen-bond acceptors (Lipinski definition) is 4. The van der Waals surface area contributed by atoms with Crippen molar-refractivity contribution in [3.8, 4) is 0 Å². The molecule has 0 spiro atoms. The van der Waals surface area contributed by atoms with Gasteiger partial charge in [0, 0.05) is 4.88 Å². The van der Waals surface area contributed by atoms with Gasteiger partial charge >= 0.3 is 12.0 Å². The number of carboxylic acid groups (broad SMARTS) is 1. The number of likely N-dealkylation sites (tertiary alicyclic amines) is 1. The van der Waals surface area contributed by atoms with E-state index in [0.29, 0.717) is 19.6 Å². The van der Waals surface area contributed by atoms with E-state index in [9.17, 15) is 9.59 Å². The molecule has 1 aromatic rings. The van der Waals surface area contributed by atoms with E-state index in [0.717, 1.165) is 4.88 Å². The molecule has 2 heterocycles. The van der Waals surface area contributed by atoms with Crippen molar-refractivity contribution >= 4 is 23.3 Å². The molecular weight excluding hydrogens is 268 g/mol. The monoisotopic (exact) mass is 284 g/mol. The van der Waals surface area contributed by atoms with Crippen molar-refractivity contribution in [3.05, 3.63) is 22.4 Å². The quantitative estimate of drug-likeness (QED) is 0.849. The third kappa shape index (κ3) is 3.68. The van der Waals surface area contributed by atoms with Crippen molar-refractivity contribution < 1.29 is 19.4 Å². The van der Waals surface area contributed by atoms with Gasteiger partial charge in [-0.15, -0.1) is 11.3 Å². The zero-order valence-corrected chi connectivity index (χ0v) is 11.4. The Bertz CT molecular complexity index is 454. The lowest BCUT2D eigenvalue weighted by molar-refractivity contribution is -0.159. The first-order chi connectivity index (χ1) is 8.98. The van der Waals surface area contributed by atoms with Gasteiger partial charge in [0.2, 0.25) is 0 Å². The molecule has 0 atom stereocenters. The summed E-state index contributed by atoms with van der Waals surface area (Å²) in [4.78, 5) is 24.9. The molecule has 1 saturated heterocycles. The SMILES string of the molecule is CC1(OCC(=O)O)CN(C(=O)NCc2cccs2)C1. The summed E-state index contributed by atoms with van der Waals surface area (Å²) >= 11 is 1.59. The first kappa shape index (κ1) is 13.8. The second kappa shape index (κ2) is 5.58. The van der Waals surface area contributed by atoms with Crippen molar-refractivity contribution in [1.29, 1.82) is 0 Å². The molecule has 2 amide bonds. The van der Waals surface area contributed by atoms with E-state index in [1.54, 1.807) is 23.2 Å². The predicted molar refractivity (Wildman–Crippen MR) is 70.1 cm³/mol. The van der Waals surface area contributed by atoms with Crippen molar-refractivity contribution in [2.45, 2.75) is 19.1 Å². The molecular formula is C12H16N2O4S. The Kier molecular flexibility index (Phi) is 4.06. The standard InChI is InChI=1S/C12H16N2O4S/c1-12(18-6-10(15)16)7-14(8-12)11(17)13-5-9-3-2-4-19-9/h2-4H,5-8H2,1H3,(H,13,17)(H,15,16). The number of aliphatic carboxylic acids is 1. The number of carboxylic acids is 1. The van der Waals surface area contributed by atoms with Crippen LogP contribution >= 0.6 is 11.3 Å². The number of urea groups is 1. The number of carbonyl (C=O) groups is 2. The number of amides is 2. The Balaban J connectivity index is 1.70. The smallest absolute Gasteiger partial charge is 0.329 e. The summed E-state index contributed by atoms with van der Waals surface area (Å²) in [5.74, 6) is -0.998. The summed E-state index contributed by atoms with van der Waals surface area (Å²) in [5.41, 5.74) is -0.543. The van der Waals surface area contributed by atoms with E-state index in [4.69, 9.17) is 9.84 Å². The molecule has 19 heavy (non-hydrogen) atoms. The largest absolute Gasteiger partial charge is 0.480 e. The van der Waals surface area contributed by atoms with Crippen LogP contribution in [0.3, 0.4) is 0 Å². The highest BCUT2D eigenvalue weighted by Crippen LogP contribution is 2.24. The number of hydrogen-bond donors (Lipinski definition) is 2. The summed E-state index contributed by atoms with van der Waals surface area (Å²) in [6.07, 6.45) is 0. The topological polar surface area (TPSA) is 78.9 Å². The molecule has 2 N–H and O–H groups in total. The van der Waals surface area contributed by atoms with Crippen LogP contribution in [-0.2, 0) is 16.1 Å². The second-order valence-electron chi connectivity index (χ2n) is 4.73.